The van der Waals surface area contributed by atoms with E-state index in [2.05, 4.69) is 27.0 Å². The van der Waals surface area contributed by atoms with Crippen molar-refractivity contribution < 1.29 is 10.2 Å². The largest absolute Gasteiger partial charge is 0.507 e. The van der Waals surface area contributed by atoms with Crippen LogP contribution in [0.4, 0.5) is 0 Å². The molecule has 2 aromatic rings. The molecule has 0 aliphatic rings. The lowest BCUT2D eigenvalue weighted by Crippen LogP contribution is -2.19. The van der Waals surface area contributed by atoms with Gasteiger partial charge in [-0.3, -0.25) is 0 Å². The van der Waals surface area contributed by atoms with Gasteiger partial charge in [-0.05, 0) is 42.7 Å². The highest BCUT2D eigenvalue weighted by molar-refractivity contribution is 5.71. The Morgan fingerprint density at radius 2 is 1.52 bits per heavy atom. The standard InChI is InChI=1S/C21H24O2/c1-13(2)16-8-7-9-18(20(16)23)21(5,6)15-10-11-19(22)17(12-15)14(3)4/h7-12,22-23H,1,3H2,2,4-6H3. The van der Waals surface area contributed by atoms with Crippen LogP contribution in [0.5, 0.6) is 11.5 Å². The summed E-state index contributed by atoms with van der Waals surface area (Å²) in [5.74, 6) is 0.479. The summed E-state index contributed by atoms with van der Waals surface area (Å²) in [4.78, 5) is 0. The molecule has 0 heterocycles. The van der Waals surface area contributed by atoms with Crippen LogP contribution in [-0.4, -0.2) is 10.2 Å². The first-order chi connectivity index (χ1) is 10.7. The molecular weight excluding hydrogens is 284 g/mol. The normalized spacial score (nSPS) is 11.3. The maximum absolute atomic E-state index is 10.7. The van der Waals surface area contributed by atoms with Crippen LogP contribution in [-0.2, 0) is 5.41 Å². The fourth-order valence-corrected chi connectivity index (χ4v) is 2.81. The minimum atomic E-state index is -0.423. The molecule has 0 spiro atoms. The van der Waals surface area contributed by atoms with Crippen molar-refractivity contribution in [3.05, 3.63) is 71.8 Å². The van der Waals surface area contributed by atoms with Gasteiger partial charge in [-0.2, -0.15) is 0 Å². The molecule has 2 N–H and O–H groups in total. The molecule has 0 unspecified atom stereocenters. The molecule has 120 valence electrons. The van der Waals surface area contributed by atoms with Crippen LogP contribution in [0.2, 0.25) is 0 Å². The number of aromatic hydroxyl groups is 2. The zero-order valence-electron chi connectivity index (χ0n) is 14.3. The lowest BCUT2D eigenvalue weighted by atomic mass is 9.76. The van der Waals surface area contributed by atoms with Gasteiger partial charge in [-0.15, -0.1) is 0 Å². The molecule has 2 nitrogen and oxygen atoms in total. The Kier molecular flexibility index (Phi) is 4.37. The molecule has 0 bridgehead atoms. The van der Waals surface area contributed by atoms with Crippen LogP contribution in [0.1, 0.15) is 49.9 Å². The molecule has 0 aliphatic carbocycles. The predicted octanol–water partition coefficient (Wildman–Crippen LogP) is 5.49. The second-order valence-corrected chi connectivity index (χ2v) is 6.62. The van der Waals surface area contributed by atoms with E-state index in [1.54, 1.807) is 6.07 Å². The quantitative estimate of drug-likeness (QED) is 0.784. The molecule has 23 heavy (non-hydrogen) atoms. The third-order valence-corrected chi connectivity index (χ3v) is 4.35. The fraction of sp³-hybridized carbons (Fsp3) is 0.238. The van der Waals surface area contributed by atoms with Crippen molar-refractivity contribution in [1.29, 1.82) is 0 Å². The first-order valence-electron chi connectivity index (χ1n) is 7.64. The van der Waals surface area contributed by atoms with E-state index >= 15 is 0 Å². The number of para-hydroxylation sites is 1. The van der Waals surface area contributed by atoms with E-state index in [0.717, 1.165) is 33.4 Å². The lowest BCUT2D eigenvalue weighted by molar-refractivity contribution is 0.451. The summed E-state index contributed by atoms with van der Waals surface area (Å²) >= 11 is 0. The molecule has 2 rings (SSSR count). The minimum Gasteiger partial charge on any atom is -0.507 e. The summed E-state index contributed by atoms with van der Waals surface area (Å²) in [6.45, 7) is 15.7. The number of phenols is 2. The topological polar surface area (TPSA) is 40.5 Å². The third-order valence-electron chi connectivity index (χ3n) is 4.35. The van der Waals surface area contributed by atoms with Crippen molar-refractivity contribution in [2.24, 2.45) is 0 Å². The Morgan fingerprint density at radius 1 is 0.913 bits per heavy atom. The Hall–Kier alpha value is -2.48. The van der Waals surface area contributed by atoms with E-state index in [4.69, 9.17) is 0 Å². The van der Waals surface area contributed by atoms with E-state index in [0.29, 0.717) is 0 Å². The van der Waals surface area contributed by atoms with E-state index in [9.17, 15) is 10.2 Å². The van der Waals surface area contributed by atoms with E-state index in [1.807, 2.05) is 44.2 Å². The minimum absolute atomic E-state index is 0.219. The number of hydrogen-bond acceptors (Lipinski definition) is 2. The summed E-state index contributed by atoms with van der Waals surface area (Å²) in [5, 5.41) is 20.7. The highest BCUT2D eigenvalue weighted by Gasteiger charge is 2.28. The van der Waals surface area contributed by atoms with Gasteiger partial charge < -0.3 is 10.2 Å². The summed E-state index contributed by atoms with van der Waals surface area (Å²) in [5.41, 5.74) is 4.53. The zero-order chi connectivity index (χ0) is 17.4. The van der Waals surface area contributed by atoms with Gasteiger partial charge in [-0.1, -0.05) is 51.3 Å². The number of benzene rings is 2. The van der Waals surface area contributed by atoms with Crippen LogP contribution in [0.15, 0.2) is 49.6 Å². The van der Waals surface area contributed by atoms with Gasteiger partial charge in [0, 0.05) is 22.1 Å². The second kappa shape index (κ2) is 5.96. The van der Waals surface area contributed by atoms with Gasteiger partial charge in [0.15, 0.2) is 0 Å². The Morgan fingerprint density at radius 3 is 2.09 bits per heavy atom. The van der Waals surface area contributed by atoms with Gasteiger partial charge >= 0.3 is 0 Å². The lowest BCUT2D eigenvalue weighted by Gasteiger charge is -2.28. The first kappa shape index (κ1) is 16.9. The van der Waals surface area contributed by atoms with Crippen molar-refractivity contribution in [3.8, 4) is 11.5 Å². The van der Waals surface area contributed by atoms with Gasteiger partial charge in [0.05, 0.1) is 0 Å². The monoisotopic (exact) mass is 308 g/mol. The molecule has 0 fully saturated rings. The molecule has 0 amide bonds. The summed E-state index contributed by atoms with van der Waals surface area (Å²) < 4.78 is 0. The summed E-state index contributed by atoms with van der Waals surface area (Å²) in [7, 11) is 0. The van der Waals surface area contributed by atoms with Crippen molar-refractivity contribution in [1.82, 2.24) is 0 Å². The number of rotatable bonds is 4. The summed E-state index contributed by atoms with van der Waals surface area (Å²) in [6, 6.07) is 11.2. The van der Waals surface area contributed by atoms with Crippen LogP contribution in [0.25, 0.3) is 11.1 Å². The van der Waals surface area contributed by atoms with Gasteiger partial charge in [0.1, 0.15) is 11.5 Å². The fourth-order valence-electron chi connectivity index (χ4n) is 2.81. The predicted molar refractivity (Wildman–Crippen MR) is 97.8 cm³/mol. The first-order valence-corrected chi connectivity index (χ1v) is 7.64. The summed E-state index contributed by atoms with van der Waals surface area (Å²) in [6.07, 6.45) is 0. The molecule has 0 saturated carbocycles. The van der Waals surface area contributed by atoms with Crippen LogP contribution in [0, 0.1) is 0 Å². The van der Waals surface area contributed by atoms with Gasteiger partial charge in [0.2, 0.25) is 0 Å². The average molecular weight is 308 g/mol. The number of phenolic OH excluding ortho intramolecular Hbond substituents is 2. The SMILES string of the molecule is C=C(C)c1cc(C(C)(C)c2cccc(C(=C)C)c2O)ccc1O. The van der Waals surface area contributed by atoms with Crippen molar-refractivity contribution in [2.45, 2.75) is 33.1 Å². The van der Waals surface area contributed by atoms with Crippen molar-refractivity contribution in [2.75, 3.05) is 0 Å². The number of hydrogen-bond donors (Lipinski definition) is 2. The Bertz CT molecular complexity index is 782. The van der Waals surface area contributed by atoms with E-state index < -0.39 is 5.41 Å². The van der Waals surface area contributed by atoms with Crippen LogP contribution >= 0.6 is 0 Å². The van der Waals surface area contributed by atoms with Crippen molar-refractivity contribution >= 4 is 11.1 Å². The maximum Gasteiger partial charge on any atom is 0.127 e. The van der Waals surface area contributed by atoms with Crippen molar-refractivity contribution in [3.63, 3.8) is 0 Å². The van der Waals surface area contributed by atoms with E-state index in [1.165, 1.54) is 0 Å². The second-order valence-electron chi connectivity index (χ2n) is 6.62. The molecule has 0 saturated heterocycles. The Balaban J connectivity index is 2.64. The average Bonchev–Trinajstić information content (AvgIpc) is 2.46. The zero-order valence-corrected chi connectivity index (χ0v) is 14.3. The molecule has 0 aromatic heterocycles. The highest BCUT2D eigenvalue weighted by atomic mass is 16.3. The molecule has 2 aromatic carbocycles. The highest BCUT2D eigenvalue weighted by Crippen LogP contribution is 2.41. The molecule has 0 aliphatic heterocycles. The number of allylic oxidation sites excluding steroid dienone is 2. The smallest absolute Gasteiger partial charge is 0.127 e. The van der Waals surface area contributed by atoms with Crippen LogP contribution < -0.4 is 0 Å². The third kappa shape index (κ3) is 3.02. The van der Waals surface area contributed by atoms with Gasteiger partial charge in [0.25, 0.3) is 0 Å². The molecule has 0 atom stereocenters. The Labute approximate surface area is 138 Å². The van der Waals surface area contributed by atoms with Gasteiger partial charge in [-0.25, -0.2) is 0 Å². The van der Waals surface area contributed by atoms with Crippen LogP contribution in [0.3, 0.4) is 0 Å². The molecule has 0 radical (unpaired) electrons. The molecular formula is C21H24O2. The molecule has 2 heteroatoms. The van der Waals surface area contributed by atoms with E-state index in [-0.39, 0.29) is 11.5 Å². The maximum atomic E-state index is 10.7.